The molecule has 0 aliphatic heterocycles. The van der Waals surface area contributed by atoms with Crippen LogP contribution >= 0.6 is 0 Å². The molecule has 0 aliphatic carbocycles. The maximum absolute atomic E-state index is 13.6. The van der Waals surface area contributed by atoms with E-state index in [9.17, 15) is 22.8 Å². The van der Waals surface area contributed by atoms with Crippen molar-refractivity contribution in [2.75, 3.05) is 13.7 Å². The highest BCUT2D eigenvalue weighted by molar-refractivity contribution is 5.99. The summed E-state index contributed by atoms with van der Waals surface area (Å²) in [7, 11) is 1.30. The van der Waals surface area contributed by atoms with E-state index in [0.29, 0.717) is 5.56 Å². The maximum Gasteiger partial charge on any atom is 0.387 e. The van der Waals surface area contributed by atoms with Crippen LogP contribution in [-0.2, 0) is 9.53 Å². The van der Waals surface area contributed by atoms with Crippen molar-refractivity contribution in [3.8, 4) is 11.5 Å². The van der Waals surface area contributed by atoms with Gasteiger partial charge in [-0.1, -0.05) is 12.1 Å². The fraction of sp³-hybridized carbons (Fsp3) is 0.158. The normalized spacial score (nSPS) is 10.9. The van der Waals surface area contributed by atoms with Crippen molar-refractivity contribution in [1.29, 1.82) is 0 Å². The van der Waals surface area contributed by atoms with Gasteiger partial charge in [-0.3, -0.25) is 4.79 Å². The van der Waals surface area contributed by atoms with E-state index in [2.05, 4.69) is 4.74 Å². The summed E-state index contributed by atoms with van der Waals surface area (Å²) in [4.78, 5) is 23.6. The number of esters is 1. The number of Topliss-reactive ketones (excluding diaryl/α,β-unsaturated/α-hetero) is 1. The van der Waals surface area contributed by atoms with Crippen molar-refractivity contribution < 1.29 is 37.0 Å². The van der Waals surface area contributed by atoms with Gasteiger partial charge in [0.15, 0.2) is 24.0 Å². The van der Waals surface area contributed by atoms with E-state index >= 15 is 0 Å². The lowest BCUT2D eigenvalue weighted by molar-refractivity contribution is -0.136. The molecular formula is C19H15F3O5. The Morgan fingerprint density at radius 1 is 1.11 bits per heavy atom. The first kappa shape index (κ1) is 20.0. The SMILES string of the molecule is COc1ccc(C(=O)COC(=O)/C=C/c2ccc(OC(F)F)cc2)cc1F. The predicted octanol–water partition coefficient (Wildman–Crippen LogP) is 3.88. The van der Waals surface area contributed by atoms with Crippen molar-refractivity contribution in [1.82, 2.24) is 0 Å². The third kappa shape index (κ3) is 6.18. The summed E-state index contributed by atoms with van der Waals surface area (Å²) in [6.45, 7) is -3.48. The molecule has 5 nitrogen and oxygen atoms in total. The molecule has 0 N–H and O–H groups in total. The summed E-state index contributed by atoms with van der Waals surface area (Å²) in [5.41, 5.74) is 0.580. The Morgan fingerprint density at radius 3 is 2.41 bits per heavy atom. The highest BCUT2D eigenvalue weighted by Gasteiger charge is 2.12. The van der Waals surface area contributed by atoms with Crippen molar-refractivity contribution >= 4 is 17.8 Å². The molecule has 0 amide bonds. The molecule has 2 rings (SSSR count). The molecule has 0 aromatic heterocycles. The first-order chi connectivity index (χ1) is 12.9. The third-order valence-corrected chi connectivity index (χ3v) is 3.34. The first-order valence-corrected chi connectivity index (χ1v) is 7.65. The second-order valence-corrected chi connectivity index (χ2v) is 5.16. The zero-order valence-electron chi connectivity index (χ0n) is 14.2. The molecule has 0 saturated heterocycles. The molecule has 0 bridgehead atoms. The average Bonchev–Trinajstić information content (AvgIpc) is 2.65. The van der Waals surface area contributed by atoms with Crippen molar-refractivity contribution in [2.24, 2.45) is 0 Å². The Morgan fingerprint density at radius 2 is 1.81 bits per heavy atom. The molecule has 0 radical (unpaired) electrons. The summed E-state index contributed by atoms with van der Waals surface area (Å²) in [5.74, 6) is -2.08. The Labute approximate surface area is 153 Å². The van der Waals surface area contributed by atoms with Gasteiger partial charge in [0, 0.05) is 11.6 Å². The van der Waals surface area contributed by atoms with E-state index in [1.807, 2.05) is 0 Å². The molecule has 0 fully saturated rings. The number of hydrogen-bond donors (Lipinski definition) is 0. The number of ketones is 1. The Bertz CT molecular complexity index is 832. The fourth-order valence-corrected chi connectivity index (χ4v) is 2.03. The minimum Gasteiger partial charge on any atom is -0.494 e. The number of benzene rings is 2. The molecule has 142 valence electrons. The minimum absolute atomic E-state index is 0.00329. The topological polar surface area (TPSA) is 61.8 Å². The van der Waals surface area contributed by atoms with Gasteiger partial charge in [-0.15, -0.1) is 0 Å². The average molecular weight is 380 g/mol. The second-order valence-electron chi connectivity index (χ2n) is 5.16. The van der Waals surface area contributed by atoms with E-state index in [4.69, 9.17) is 9.47 Å². The quantitative estimate of drug-likeness (QED) is 0.395. The van der Waals surface area contributed by atoms with E-state index in [1.54, 1.807) is 0 Å². The van der Waals surface area contributed by atoms with Crippen LogP contribution in [0.3, 0.4) is 0 Å². The molecule has 0 atom stereocenters. The summed E-state index contributed by atoms with van der Waals surface area (Å²) < 4.78 is 51.4. The van der Waals surface area contributed by atoms with Crippen LogP contribution in [0.2, 0.25) is 0 Å². The molecule has 0 aliphatic rings. The molecule has 27 heavy (non-hydrogen) atoms. The Balaban J connectivity index is 1.87. The molecule has 0 saturated carbocycles. The van der Waals surface area contributed by atoms with Crippen LogP contribution in [0.25, 0.3) is 6.08 Å². The number of halogens is 3. The number of rotatable bonds is 8. The molecule has 8 heteroatoms. The van der Waals surface area contributed by atoms with Gasteiger partial charge in [0.25, 0.3) is 0 Å². The predicted molar refractivity (Wildman–Crippen MR) is 90.3 cm³/mol. The molecule has 0 heterocycles. The zero-order valence-corrected chi connectivity index (χ0v) is 14.2. The van der Waals surface area contributed by atoms with Crippen LogP contribution in [-0.4, -0.2) is 32.1 Å². The number of alkyl halides is 2. The van der Waals surface area contributed by atoms with Gasteiger partial charge in [0.1, 0.15) is 5.75 Å². The smallest absolute Gasteiger partial charge is 0.387 e. The number of hydrogen-bond acceptors (Lipinski definition) is 5. The van der Waals surface area contributed by atoms with Crippen LogP contribution in [0.15, 0.2) is 48.5 Å². The van der Waals surface area contributed by atoms with E-state index in [1.165, 1.54) is 49.6 Å². The number of ether oxygens (including phenoxy) is 3. The highest BCUT2D eigenvalue weighted by Crippen LogP contribution is 2.18. The summed E-state index contributed by atoms with van der Waals surface area (Å²) in [6.07, 6.45) is 2.46. The Hall–Kier alpha value is -3.29. The van der Waals surface area contributed by atoms with E-state index in [-0.39, 0.29) is 17.1 Å². The van der Waals surface area contributed by atoms with Crippen molar-refractivity contribution in [3.63, 3.8) is 0 Å². The molecule has 2 aromatic rings. The molecule has 0 spiro atoms. The third-order valence-electron chi connectivity index (χ3n) is 3.34. The fourth-order valence-electron chi connectivity index (χ4n) is 2.03. The number of carbonyl (C=O) groups excluding carboxylic acids is 2. The standard InChI is InChI=1S/C19H15F3O5/c1-25-17-8-5-13(10-15(17)20)16(23)11-26-18(24)9-4-12-2-6-14(7-3-12)27-19(21)22/h2-10,19H,11H2,1H3/b9-4+. The molecule has 2 aromatic carbocycles. The first-order valence-electron chi connectivity index (χ1n) is 7.65. The lowest BCUT2D eigenvalue weighted by atomic mass is 10.1. The number of methoxy groups -OCH3 is 1. The lowest BCUT2D eigenvalue weighted by Gasteiger charge is -2.05. The van der Waals surface area contributed by atoms with Crippen LogP contribution in [0, 0.1) is 5.82 Å². The van der Waals surface area contributed by atoms with Crippen molar-refractivity contribution in [3.05, 3.63) is 65.5 Å². The van der Waals surface area contributed by atoms with Crippen LogP contribution in [0.1, 0.15) is 15.9 Å². The maximum atomic E-state index is 13.6. The van der Waals surface area contributed by atoms with Crippen LogP contribution < -0.4 is 9.47 Å². The van der Waals surface area contributed by atoms with E-state index in [0.717, 1.165) is 12.1 Å². The summed E-state index contributed by atoms with van der Waals surface area (Å²) >= 11 is 0. The van der Waals surface area contributed by atoms with Gasteiger partial charge in [-0.25, -0.2) is 9.18 Å². The lowest BCUT2D eigenvalue weighted by Crippen LogP contribution is -2.12. The Kier molecular flexibility index (Phi) is 6.99. The minimum atomic E-state index is -2.92. The summed E-state index contributed by atoms with van der Waals surface area (Å²) in [6, 6.07) is 9.22. The van der Waals surface area contributed by atoms with Gasteiger partial charge in [-0.05, 0) is 42.0 Å². The van der Waals surface area contributed by atoms with Crippen molar-refractivity contribution in [2.45, 2.75) is 6.61 Å². The van der Waals surface area contributed by atoms with Gasteiger partial charge in [0.2, 0.25) is 0 Å². The monoisotopic (exact) mass is 380 g/mol. The van der Waals surface area contributed by atoms with Crippen LogP contribution in [0.5, 0.6) is 11.5 Å². The molecule has 0 unspecified atom stereocenters. The van der Waals surface area contributed by atoms with Crippen LogP contribution in [0.4, 0.5) is 13.2 Å². The summed E-state index contributed by atoms with van der Waals surface area (Å²) in [5, 5.41) is 0. The number of carbonyl (C=O) groups is 2. The van der Waals surface area contributed by atoms with Gasteiger partial charge in [-0.2, -0.15) is 8.78 Å². The molecular weight excluding hydrogens is 365 g/mol. The van der Waals surface area contributed by atoms with Gasteiger partial charge < -0.3 is 14.2 Å². The second kappa shape index (κ2) is 9.42. The van der Waals surface area contributed by atoms with Gasteiger partial charge in [0.05, 0.1) is 7.11 Å². The highest BCUT2D eigenvalue weighted by atomic mass is 19.3. The van der Waals surface area contributed by atoms with Gasteiger partial charge >= 0.3 is 12.6 Å². The largest absolute Gasteiger partial charge is 0.494 e. The van der Waals surface area contributed by atoms with E-state index < -0.39 is 30.8 Å². The zero-order chi connectivity index (χ0) is 19.8.